The van der Waals surface area contributed by atoms with Crippen LogP contribution in [0, 0.1) is 17.8 Å². The summed E-state index contributed by atoms with van der Waals surface area (Å²) >= 11 is 0. The molecule has 0 radical (unpaired) electrons. The minimum absolute atomic E-state index is 0.0669. The van der Waals surface area contributed by atoms with E-state index in [0.29, 0.717) is 19.6 Å². The second kappa shape index (κ2) is 4.88. The molecule has 0 spiro atoms. The number of carbonyl (C=O) groups is 1. The average molecular weight is 182 g/mol. The summed E-state index contributed by atoms with van der Waals surface area (Å²) in [6.45, 7) is 7.72. The van der Waals surface area contributed by atoms with Crippen molar-refractivity contribution in [2.45, 2.75) is 20.8 Å². The van der Waals surface area contributed by atoms with Gasteiger partial charge in [-0.3, -0.25) is 4.79 Å². The molecule has 0 bridgehead atoms. The van der Waals surface area contributed by atoms with Crippen LogP contribution >= 0.6 is 0 Å². The highest BCUT2D eigenvalue weighted by Crippen LogP contribution is 2.14. The first-order chi connectivity index (χ1) is 5.96. The van der Waals surface area contributed by atoms with Crippen LogP contribution in [0.25, 0.3) is 0 Å². The fraction of sp³-hybridized carbons (Fsp3) is 0.700. The number of hydrogen-bond donors (Lipinski definition) is 1. The molecule has 0 saturated carbocycles. The fourth-order valence-corrected chi connectivity index (χ4v) is 1.000. The van der Waals surface area contributed by atoms with E-state index in [1.165, 1.54) is 0 Å². The van der Waals surface area contributed by atoms with Crippen molar-refractivity contribution < 1.29 is 4.79 Å². The molecule has 0 atom stereocenters. The molecule has 13 heavy (non-hydrogen) atoms. The summed E-state index contributed by atoms with van der Waals surface area (Å²) in [4.78, 5) is 12.8. The van der Waals surface area contributed by atoms with E-state index in [9.17, 15) is 4.79 Å². The topological polar surface area (TPSA) is 46.3 Å². The summed E-state index contributed by atoms with van der Waals surface area (Å²) in [5, 5.41) is 0. The van der Waals surface area contributed by atoms with Gasteiger partial charge in [0, 0.05) is 13.1 Å². The monoisotopic (exact) mass is 182 g/mol. The van der Waals surface area contributed by atoms with Crippen LogP contribution in [-0.4, -0.2) is 30.4 Å². The standard InChI is InChI=1S/C10H18N2O/c1-5-9(13)12(6-2)8-10(3,4)7-11/h1H,6-8,11H2,2-4H3. The van der Waals surface area contributed by atoms with Gasteiger partial charge >= 0.3 is 0 Å². The van der Waals surface area contributed by atoms with Gasteiger partial charge < -0.3 is 10.6 Å². The lowest BCUT2D eigenvalue weighted by Crippen LogP contribution is -2.41. The second-order valence-electron chi connectivity index (χ2n) is 3.83. The van der Waals surface area contributed by atoms with Gasteiger partial charge in [-0.05, 0) is 24.8 Å². The highest BCUT2D eigenvalue weighted by Gasteiger charge is 2.21. The molecule has 0 aromatic carbocycles. The zero-order valence-electron chi connectivity index (χ0n) is 8.63. The number of rotatable bonds is 4. The van der Waals surface area contributed by atoms with Crippen LogP contribution in [0.15, 0.2) is 0 Å². The Kier molecular flexibility index (Phi) is 4.50. The number of nitrogens with two attached hydrogens (primary N) is 1. The van der Waals surface area contributed by atoms with E-state index >= 15 is 0 Å². The van der Waals surface area contributed by atoms with Crippen LogP contribution < -0.4 is 5.73 Å². The third-order valence-corrected chi connectivity index (χ3v) is 1.96. The van der Waals surface area contributed by atoms with Gasteiger partial charge in [0.2, 0.25) is 0 Å². The summed E-state index contributed by atoms with van der Waals surface area (Å²) in [6.07, 6.45) is 5.04. The number of terminal acetylenes is 1. The lowest BCUT2D eigenvalue weighted by Gasteiger charge is -2.29. The van der Waals surface area contributed by atoms with Gasteiger partial charge in [-0.2, -0.15) is 0 Å². The molecule has 3 nitrogen and oxygen atoms in total. The van der Waals surface area contributed by atoms with Crippen molar-refractivity contribution in [2.24, 2.45) is 11.1 Å². The first-order valence-electron chi connectivity index (χ1n) is 4.42. The van der Waals surface area contributed by atoms with E-state index in [1.54, 1.807) is 4.90 Å². The summed E-state index contributed by atoms with van der Waals surface area (Å²) in [5.41, 5.74) is 5.49. The first-order valence-corrected chi connectivity index (χ1v) is 4.42. The van der Waals surface area contributed by atoms with Gasteiger partial charge in [0.25, 0.3) is 5.91 Å². The maximum atomic E-state index is 11.2. The molecule has 0 saturated heterocycles. The van der Waals surface area contributed by atoms with Gasteiger partial charge in [-0.1, -0.05) is 13.8 Å². The third kappa shape index (κ3) is 3.95. The molecule has 74 valence electrons. The normalized spacial score (nSPS) is 10.7. The number of carbonyl (C=O) groups excluding carboxylic acids is 1. The third-order valence-electron chi connectivity index (χ3n) is 1.96. The molecular weight excluding hydrogens is 164 g/mol. The lowest BCUT2D eigenvalue weighted by molar-refractivity contribution is -0.126. The minimum Gasteiger partial charge on any atom is -0.332 e. The quantitative estimate of drug-likeness (QED) is 0.642. The Morgan fingerprint density at radius 1 is 1.62 bits per heavy atom. The molecule has 0 rings (SSSR count). The molecule has 1 amide bonds. The van der Waals surface area contributed by atoms with Crippen molar-refractivity contribution in [1.82, 2.24) is 4.90 Å². The zero-order valence-corrected chi connectivity index (χ0v) is 8.63. The molecular formula is C10H18N2O. The Balaban J connectivity index is 4.31. The highest BCUT2D eigenvalue weighted by molar-refractivity contribution is 5.92. The van der Waals surface area contributed by atoms with Gasteiger partial charge in [-0.25, -0.2) is 0 Å². The van der Waals surface area contributed by atoms with E-state index in [-0.39, 0.29) is 11.3 Å². The van der Waals surface area contributed by atoms with E-state index in [4.69, 9.17) is 12.2 Å². The van der Waals surface area contributed by atoms with Crippen molar-refractivity contribution in [3.63, 3.8) is 0 Å². The molecule has 0 fully saturated rings. The molecule has 0 unspecified atom stereocenters. The summed E-state index contributed by atoms with van der Waals surface area (Å²) in [5.74, 6) is 1.85. The van der Waals surface area contributed by atoms with Crippen molar-refractivity contribution in [1.29, 1.82) is 0 Å². The van der Waals surface area contributed by atoms with Crippen LogP contribution in [0.1, 0.15) is 20.8 Å². The molecule has 0 aliphatic carbocycles. The molecule has 0 aliphatic heterocycles. The Labute approximate surface area is 80.3 Å². The van der Waals surface area contributed by atoms with Crippen LogP contribution in [0.4, 0.5) is 0 Å². The van der Waals surface area contributed by atoms with Crippen molar-refractivity contribution >= 4 is 5.91 Å². The predicted octanol–water partition coefficient (Wildman–Crippen LogP) is 0.453. The van der Waals surface area contributed by atoms with Crippen LogP contribution in [0.5, 0.6) is 0 Å². The molecule has 0 aromatic heterocycles. The zero-order chi connectivity index (χ0) is 10.5. The SMILES string of the molecule is C#CC(=O)N(CC)CC(C)(C)CN. The van der Waals surface area contributed by atoms with E-state index in [0.717, 1.165) is 0 Å². The predicted molar refractivity (Wildman–Crippen MR) is 53.9 cm³/mol. The smallest absolute Gasteiger partial charge is 0.298 e. The number of amides is 1. The Hall–Kier alpha value is -1.01. The largest absolute Gasteiger partial charge is 0.332 e. The van der Waals surface area contributed by atoms with Crippen LogP contribution in [0.3, 0.4) is 0 Å². The summed E-state index contributed by atoms with van der Waals surface area (Å²) in [7, 11) is 0. The highest BCUT2D eigenvalue weighted by atomic mass is 16.2. The van der Waals surface area contributed by atoms with Crippen molar-refractivity contribution in [3.8, 4) is 12.3 Å². The van der Waals surface area contributed by atoms with Crippen LogP contribution in [0.2, 0.25) is 0 Å². The van der Waals surface area contributed by atoms with Crippen molar-refractivity contribution in [2.75, 3.05) is 19.6 Å². The molecule has 0 aromatic rings. The summed E-state index contributed by atoms with van der Waals surface area (Å²) in [6, 6.07) is 0. The maximum absolute atomic E-state index is 11.2. The van der Waals surface area contributed by atoms with Crippen molar-refractivity contribution in [3.05, 3.63) is 0 Å². The average Bonchev–Trinajstić information content (AvgIpc) is 2.13. The van der Waals surface area contributed by atoms with Gasteiger partial charge in [0.1, 0.15) is 0 Å². The first kappa shape index (κ1) is 12.0. The number of hydrogen-bond acceptors (Lipinski definition) is 2. The lowest BCUT2D eigenvalue weighted by atomic mass is 9.93. The molecule has 0 heterocycles. The molecule has 0 aliphatic rings. The van der Waals surface area contributed by atoms with Gasteiger partial charge in [-0.15, -0.1) is 6.42 Å². The Morgan fingerprint density at radius 2 is 2.15 bits per heavy atom. The van der Waals surface area contributed by atoms with Gasteiger partial charge in [0.05, 0.1) is 0 Å². The van der Waals surface area contributed by atoms with Crippen LogP contribution in [-0.2, 0) is 4.79 Å². The Morgan fingerprint density at radius 3 is 2.46 bits per heavy atom. The fourth-order valence-electron chi connectivity index (χ4n) is 1.000. The second-order valence-corrected chi connectivity index (χ2v) is 3.83. The minimum atomic E-state index is -0.260. The van der Waals surface area contributed by atoms with Gasteiger partial charge in [0.15, 0.2) is 0 Å². The Bertz CT molecular complexity index is 215. The van der Waals surface area contributed by atoms with E-state index < -0.39 is 0 Å². The van der Waals surface area contributed by atoms with E-state index in [1.807, 2.05) is 20.8 Å². The maximum Gasteiger partial charge on any atom is 0.298 e. The molecule has 3 heteroatoms. The number of nitrogens with zero attached hydrogens (tertiary/aromatic N) is 1. The van der Waals surface area contributed by atoms with E-state index in [2.05, 4.69) is 5.92 Å². The summed E-state index contributed by atoms with van der Waals surface area (Å²) < 4.78 is 0. The molecule has 2 N–H and O–H groups in total.